The Morgan fingerprint density at radius 1 is 1.50 bits per heavy atom. The Morgan fingerprint density at radius 2 is 2.23 bits per heavy atom. The first-order chi connectivity index (χ1) is 10.5. The predicted molar refractivity (Wildman–Crippen MR) is 84.8 cm³/mol. The van der Waals surface area contributed by atoms with Crippen molar-refractivity contribution in [1.29, 1.82) is 5.41 Å². The number of nitrogens with zero attached hydrogens (tertiary/aromatic N) is 1. The maximum Gasteiger partial charge on any atom is 0.353 e. The number of hydrogen-bond donors (Lipinski definition) is 3. The number of hydrogen-bond acceptors (Lipinski definition) is 5. The van der Waals surface area contributed by atoms with Crippen LogP contribution in [0.15, 0.2) is 10.6 Å². The van der Waals surface area contributed by atoms with Gasteiger partial charge in [0.05, 0.1) is 18.1 Å². The quantitative estimate of drug-likeness (QED) is 0.341. The van der Waals surface area contributed by atoms with Crippen LogP contribution in [0.25, 0.3) is 0 Å². The normalized spacial score (nSPS) is 25.0. The maximum absolute atomic E-state index is 12.0. The summed E-state index contributed by atoms with van der Waals surface area (Å²) in [5.74, 6) is -0.997. The molecule has 22 heavy (non-hydrogen) atoms. The van der Waals surface area contributed by atoms with Crippen LogP contribution in [-0.4, -0.2) is 51.1 Å². The number of aliphatic carboxylic acids is 1. The third-order valence-electron chi connectivity index (χ3n) is 4.16. The van der Waals surface area contributed by atoms with E-state index in [1.165, 1.54) is 22.9 Å². The zero-order valence-corrected chi connectivity index (χ0v) is 13.4. The number of rotatable bonds is 9. The molecule has 0 bridgehead atoms. The number of aliphatic hydroxyl groups is 1. The van der Waals surface area contributed by atoms with Crippen LogP contribution in [-0.2, 0) is 9.59 Å². The zero-order valence-electron chi connectivity index (χ0n) is 12.6. The Morgan fingerprint density at radius 3 is 2.82 bits per heavy atom. The van der Waals surface area contributed by atoms with Gasteiger partial charge in [0.25, 0.3) is 0 Å². The molecule has 122 valence electrons. The lowest BCUT2D eigenvalue weighted by Crippen LogP contribution is -2.61. The number of β-lactam (4-membered cyclic amide) rings is 1. The zero-order chi connectivity index (χ0) is 16.3. The fraction of sp³-hybridized carbons (Fsp3) is 0.667. The van der Waals surface area contributed by atoms with Gasteiger partial charge in [-0.2, -0.15) is 0 Å². The van der Waals surface area contributed by atoms with Crippen LogP contribution in [0.1, 0.15) is 39.0 Å². The topological polar surface area (TPSA) is 102 Å². The van der Waals surface area contributed by atoms with Crippen LogP contribution in [0.4, 0.5) is 0 Å². The standard InChI is InChI=1S/C15H22N2O4S/c1-9(18)12-10-8-11(22-7-5-3-2-4-6-16)13(15(20)21)17(10)14(12)19/h6,9-10,12,16,18H,2-5,7-8H2,1H3,(H,20,21)/t9-,10-,12-/m1/s1. The Bertz CT molecular complexity index is 504. The van der Waals surface area contributed by atoms with E-state index >= 15 is 0 Å². The summed E-state index contributed by atoms with van der Waals surface area (Å²) in [5, 5.41) is 26.0. The number of thioether (sulfide) groups is 1. The highest BCUT2D eigenvalue weighted by molar-refractivity contribution is 8.03. The minimum Gasteiger partial charge on any atom is -0.477 e. The second-order valence-corrected chi connectivity index (χ2v) is 6.91. The van der Waals surface area contributed by atoms with E-state index < -0.39 is 18.0 Å². The monoisotopic (exact) mass is 326 g/mol. The molecule has 0 radical (unpaired) electrons. The van der Waals surface area contributed by atoms with Crippen molar-refractivity contribution in [2.24, 2.45) is 5.92 Å². The van der Waals surface area contributed by atoms with Gasteiger partial charge in [0.2, 0.25) is 5.91 Å². The van der Waals surface area contributed by atoms with Crippen molar-refractivity contribution < 1.29 is 19.8 Å². The molecule has 0 unspecified atom stereocenters. The number of carboxylic acid groups (broad SMARTS) is 1. The van der Waals surface area contributed by atoms with Gasteiger partial charge in [-0.05, 0) is 38.2 Å². The van der Waals surface area contributed by atoms with E-state index in [1.54, 1.807) is 6.92 Å². The lowest BCUT2D eigenvalue weighted by atomic mass is 9.83. The minimum atomic E-state index is -1.06. The highest BCUT2D eigenvalue weighted by Gasteiger charge is 2.56. The van der Waals surface area contributed by atoms with Gasteiger partial charge in [-0.25, -0.2) is 4.79 Å². The molecule has 0 aliphatic carbocycles. The van der Waals surface area contributed by atoms with Gasteiger partial charge in [-0.3, -0.25) is 4.79 Å². The number of carbonyl (C=O) groups excluding carboxylic acids is 1. The van der Waals surface area contributed by atoms with Gasteiger partial charge < -0.3 is 20.5 Å². The van der Waals surface area contributed by atoms with Gasteiger partial charge >= 0.3 is 5.97 Å². The van der Waals surface area contributed by atoms with Crippen molar-refractivity contribution in [3.05, 3.63) is 10.6 Å². The fourth-order valence-electron chi connectivity index (χ4n) is 3.08. The van der Waals surface area contributed by atoms with Gasteiger partial charge in [0, 0.05) is 11.3 Å². The molecule has 2 rings (SSSR count). The van der Waals surface area contributed by atoms with Crippen LogP contribution in [0.3, 0.4) is 0 Å². The fourth-order valence-corrected chi connectivity index (χ4v) is 4.29. The summed E-state index contributed by atoms with van der Waals surface area (Å²) < 4.78 is 0. The van der Waals surface area contributed by atoms with Crippen LogP contribution in [0, 0.1) is 11.3 Å². The summed E-state index contributed by atoms with van der Waals surface area (Å²) in [7, 11) is 0. The summed E-state index contributed by atoms with van der Waals surface area (Å²) in [6, 6.07) is -0.195. The van der Waals surface area contributed by atoms with E-state index in [0.717, 1.165) is 36.3 Å². The molecule has 0 aromatic carbocycles. The van der Waals surface area contributed by atoms with E-state index in [9.17, 15) is 19.8 Å². The van der Waals surface area contributed by atoms with E-state index in [0.29, 0.717) is 6.42 Å². The molecule has 0 saturated carbocycles. The molecule has 0 spiro atoms. The molecule has 1 fully saturated rings. The van der Waals surface area contributed by atoms with Gasteiger partial charge in [-0.15, -0.1) is 11.8 Å². The smallest absolute Gasteiger partial charge is 0.353 e. The average Bonchev–Trinajstić information content (AvgIpc) is 2.77. The minimum absolute atomic E-state index is 0.108. The molecular formula is C15H22N2O4S. The second-order valence-electron chi connectivity index (χ2n) is 5.72. The molecule has 3 N–H and O–H groups in total. The number of amides is 1. The molecule has 2 aliphatic heterocycles. The van der Waals surface area contributed by atoms with Crippen molar-refractivity contribution in [2.75, 3.05) is 5.75 Å². The second kappa shape index (κ2) is 7.28. The van der Waals surface area contributed by atoms with Crippen LogP contribution in [0.2, 0.25) is 0 Å². The highest BCUT2D eigenvalue weighted by Crippen LogP contribution is 2.47. The van der Waals surface area contributed by atoms with Gasteiger partial charge in [0.15, 0.2) is 0 Å². The first-order valence-corrected chi connectivity index (χ1v) is 8.57. The number of aliphatic hydroxyl groups excluding tert-OH is 1. The lowest BCUT2D eigenvalue weighted by molar-refractivity contribution is -0.161. The third kappa shape index (κ3) is 3.20. The first kappa shape index (κ1) is 17.0. The Hall–Kier alpha value is -1.34. The molecule has 1 saturated heterocycles. The van der Waals surface area contributed by atoms with Crippen molar-refractivity contribution in [1.82, 2.24) is 4.90 Å². The molecule has 6 nitrogen and oxygen atoms in total. The van der Waals surface area contributed by atoms with Crippen molar-refractivity contribution in [3.63, 3.8) is 0 Å². The number of carboxylic acids is 1. The van der Waals surface area contributed by atoms with Crippen molar-refractivity contribution >= 4 is 29.9 Å². The van der Waals surface area contributed by atoms with E-state index in [4.69, 9.17) is 5.41 Å². The summed E-state index contributed by atoms with van der Waals surface area (Å²) in [5.41, 5.74) is 0.108. The van der Waals surface area contributed by atoms with Crippen LogP contribution >= 0.6 is 11.8 Å². The molecular weight excluding hydrogens is 304 g/mol. The lowest BCUT2D eigenvalue weighted by Gasteiger charge is -2.44. The molecule has 7 heteroatoms. The molecule has 3 atom stereocenters. The van der Waals surface area contributed by atoms with Crippen molar-refractivity contribution in [2.45, 2.75) is 51.2 Å². The molecule has 0 aromatic heterocycles. The number of nitrogens with one attached hydrogen (secondary N) is 1. The van der Waals surface area contributed by atoms with E-state index in [1.807, 2.05) is 0 Å². The molecule has 0 aromatic rings. The van der Waals surface area contributed by atoms with Gasteiger partial charge in [-0.1, -0.05) is 6.42 Å². The molecule has 2 heterocycles. The Labute approximate surface area is 134 Å². The van der Waals surface area contributed by atoms with Crippen LogP contribution < -0.4 is 0 Å². The highest BCUT2D eigenvalue weighted by atomic mass is 32.2. The first-order valence-electron chi connectivity index (χ1n) is 7.58. The largest absolute Gasteiger partial charge is 0.477 e. The van der Waals surface area contributed by atoms with E-state index in [-0.39, 0.29) is 17.6 Å². The number of fused-ring (bicyclic) bond motifs is 1. The molecule has 2 aliphatic rings. The number of carbonyl (C=O) groups is 2. The third-order valence-corrected chi connectivity index (χ3v) is 5.36. The predicted octanol–water partition coefficient (Wildman–Crippen LogP) is 1.84. The Kier molecular flexibility index (Phi) is 5.63. The average molecular weight is 326 g/mol. The van der Waals surface area contributed by atoms with E-state index in [2.05, 4.69) is 0 Å². The summed E-state index contributed by atoms with van der Waals surface area (Å²) in [6.45, 7) is 1.58. The molecule has 1 amide bonds. The maximum atomic E-state index is 12.0. The SMILES string of the molecule is C[C@@H](O)[C@H]1C(=O)N2C(C(=O)O)=C(SCCCCCC=N)C[C@H]12. The number of unbranched alkanes of at least 4 members (excludes halogenated alkanes) is 3. The Balaban J connectivity index is 1.94. The summed E-state index contributed by atoms with van der Waals surface area (Å²) in [6.07, 6.45) is 4.94. The van der Waals surface area contributed by atoms with Crippen molar-refractivity contribution in [3.8, 4) is 0 Å². The summed E-state index contributed by atoms with van der Waals surface area (Å²) in [4.78, 5) is 25.6. The van der Waals surface area contributed by atoms with Gasteiger partial charge in [0.1, 0.15) is 5.70 Å². The van der Waals surface area contributed by atoms with Crippen LogP contribution in [0.5, 0.6) is 0 Å². The summed E-state index contributed by atoms with van der Waals surface area (Å²) >= 11 is 1.51.